The van der Waals surface area contributed by atoms with Crippen LogP contribution in [0.3, 0.4) is 0 Å². The first kappa shape index (κ1) is 16.7. The Morgan fingerprint density at radius 2 is 1.65 bits per heavy atom. The number of amides is 2. The molecule has 2 unspecified atom stereocenters. The van der Waals surface area contributed by atoms with Gasteiger partial charge in [-0.25, -0.2) is 9.59 Å². The molecule has 7 heteroatoms. The molecule has 2 atom stereocenters. The standard InChI is InChI=1S/C13H24N2O5/c1-8(16)9(10(17)18)14-11(19)15-6-12(2,3)20-13(4,5)7-15/h8-9,16H,6-7H2,1-5H3,(H,14,19)(H,17,18). The van der Waals surface area contributed by atoms with Gasteiger partial charge < -0.3 is 25.2 Å². The highest BCUT2D eigenvalue weighted by Crippen LogP contribution is 2.27. The zero-order valence-corrected chi connectivity index (χ0v) is 12.6. The van der Waals surface area contributed by atoms with Crippen molar-refractivity contribution in [3.8, 4) is 0 Å². The van der Waals surface area contributed by atoms with E-state index in [1.807, 2.05) is 27.7 Å². The molecular weight excluding hydrogens is 264 g/mol. The third-order valence-electron chi connectivity index (χ3n) is 3.01. The van der Waals surface area contributed by atoms with Crippen molar-refractivity contribution in [1.82, 2.24) is 10.2 Å². The second kappa shape index (κ2) is 5.57. The zero-order chi connectivity index (χ0) is 15.7. The maximum absolute atomic E-state index is 12.2. The first-order valence-corrected chi connectivity index (χ1v) is 6.60. The lowest BCUT2D eigenvalue weighted by Gasteiger charge is -2.47. The first-order valence-electron chi connectivity index (χ1n) is 6.60. The molecule has 0 radical (unpaired) electrons. The van der Waals surface area contributed by atoms with Crippen LogP contribution in [0.15, 0.2) is 0 Å². The number of carboxylic acid groups (broad SMARTS) is 1. The van der Waals surface area contributed by atoms with E-state index in [-0.39, 0.29) is 0 Å². The molecule has 3 N–H and O–H groups in total. The summed E-state index contributed by atoms with van der Waals surface area (Å²) in [5.41, 5.74) is -1.02. The summed E-state index contributed by atoms with van der Waals surface area (Å²) < 4.78 is 5.85. The molecule has 116 valence electrons. The Bertz CT molecular complexity index is 376. The predicted molar refractivity (Wildman–Crippen MR) is 72.5 cm³/mol. The van der Waals surface area contributed by atoms with E-state index < -0.39 is 35.3 Å². The molecule has 1 saturated heterocycles. The van der Waals surface area contributed by atoms with Gasteiger partial charge >= 0.3 is 12.0 Å². The molecule has 1 rings (SSSR count). The summed E-state index contributed by atoms with van der Waals surface area (Å²) >= 11 is 0. The molecule has 20 heavy (non-hydrogen) atoms. The van der Waals surface area contributed by atoms with Crippen molar-refractivity contribution >= 4 is 12.0 Å². The van der Waals surface area contributed by atoms with E-state index >= 15 is 0 Å². The van der Waals surface area contributed by atoms with Crippen LogP contribution in [0.1, 0.15) is 34.6 Å². The molecule has 0 aromatic carbocycles. The lowest BCUT2D eigenvalue weighted by molar-refractivity contribution is -0.170. The van der Waals surface area contributed by atoms with Gasteiger partial charge in [0.25, 0.3) is 0 Å². The van der Waals surface area contributed by atoms with Crippen LogP contribution in [-0.4, -0.2) is 63.6 Å². The fraction of sp³-hybridized carbons (Fsp3) is 0.846. The topological polar surface area (TPSA) is 99.1 Å². The SMILES string of the molecule is CC(O)C(NC(=O)N1CC(C)(C)OC(C)(C)C1)C(=O)O. The van der Waals surface area contributed by atoms with Crippen LogP contribution in [-0.2, 0) is 9.53 Å². The van der Waals surface area contributed by atoms with Crippen LogP contribution >= 0.6 is 0 Å². The quantitative estimate of drug-likeness (QED) is 0.699. The third kappa shape index (κ3) is 4.35. The third-order valence-corrected chi connectivity index (χ3v) is 3.01. The van der Waals surface area contributed by atoms with Gasteiger partial charge in [0.05, 0.1) is 30.4 Å². The highest BCUT2D eigenvalue weighted by molar-refractivity contribution is 5.83. The summed E-state index contributed by atoms with van der Waals surface area (Å²) in [5, 5.41) is 20.7. The number of aliphatic hydroxyl groups excluding tert-OH is 1. The Morgan fingerprint density at radius 1 is 1.20 bits per heavy atom. The van der Waals surface area contributed by atoms with Crippen molar-refractivity contribution in [3.05, 3.63) is 0 Å². The second-order valence-electron chi connectivity index (χ2n) is 6.48. The fourth-order valence-electron chi connectivity index (χ4n) is 2.54. The van der Waals surface area contributed by atoms with E-state index in [9.17, 15) is 14.7 Å². The minimum absolute atomic E-state index is 0.356. The van der Waals surface area contributed by atoms with Crippen LogP contribution in [0, 0.1) is 0 Å². The van der Waals surface area contributed by atoms with Gasteiger partial charge in [-0.3, -0.25) is 0 Å². The number of rotatable bonds is 3. The number of hydrogen-bond donors (Lipinski definition) is 3. The fourth-order valence-corrected chi connectivity index (χ4v) is 2.54. The summed E-state index contributed by atoms with van der Waals surface area (Å²) in [6.45, 7) is 9.53. The minimum Gasteiger partial charge on any atom is -0.480 e. The van der Waals surface area contributed by atoms with Gasteiger partial charge in [0, 0.05) is 0 Å². The Morgan fingerprint density at radius 3 is 2.00 bits per heavy atom. The van der Waals surface area contributed by atoms with Crippen molar-refractivity contribution in [1.29, 1.82) is 0 Å². The number of aliphatic carboxylic acids is 1. The number of nitrogens with zero attached hydrogens (tertiary/aromatic N) is 1. The van der Waals surface area contributed by atoms with E-state index in [1.165, 1.54) is 11.8 Å². The number of ether oxygens (including phenoxy) is 1. The van der Waals surface area contributed by atoms with Gasteiger partial charge in [-0.1, -0.05) is 0 Å². The van der Waals surface area contributed by atoms with Gasteiger partial charge in [-0.05, 0) is 34.6 Å². The highest BCUT2D eigenvalue weighted by Gasteiger charge is 2.40. The first-order chi connectivity index (χ1) is 8.93. The molecule has 1 heterocycles. The molecule has 7 nitrogen and oxygen atoms in total. The van der Waals surface area contributed by atoms with Crippen molar-refractivity contribution in [3.63, 3.8) is 0 Å². The number of aliphatic hydroxyl groups is 1. The number of hydrogen-bond acceptors (Lipinski definition) is 4. The number of nitrogens with one attached hydrogen (secondary N) is 1. The van der Waals surface area contributed by atoms with Crippen molar-refractivity contribution in [2.75, 3.05) is 13.1 Å². The summed E-state index contributed by atoms with van der Waals surface area (Å²) in [5.74, 6) is -1.26. The largest absolute Gasteiger partial charge is 0.480 e. The van der Waals surface area contributed by atoms with E-state index in [0.29, 0.717) is 13.1 Å². The number of urea groups is 1. The lowest BCUT2D eigenvalue weighted by Crippen LogP contribution is -2.62. The molecule has 1 aliphatic rings. The maximum atomic E-state index is 12.2. The smallest absolute Gasteiger partial charge is 0.328 e. The summed E-state index contributed by atoms with van der Waals surface area (Å²) in [4.78, 5) is 24.7. The van der Waals surface area contributed by atoms with E-state index in [1.54, 1.807) is 0 Å². The molecule has 0 aromatic heterocycles. The predicted octanol–water partition coefficient (Wildman–Crippen LogP) is 0.419. The monoisotopic (exact) mass is 288 g/mol. The van der Waals surface area contributed by atoms with Crippen molar-refractivity contribution in [2.45, 2.75) is 58.0 Å². The minimum atomic E-state index is -1.32. The molecule has 0 saturated carbocycles. The Balaban J connectivity index is 2.78. The Kier molecular flexibility index (Phi) is 4.66. The van der Waals surface area contributed by atoms with Crippen LogP contribution in [0.4, 0.5) is 4.79 Å². The molecule has 0 spiro atoms. The average molecular weight is 288 g/mol. The van der Waals surface area contributed by atoms with Gasteiger partial charge in [-0.15, -0.1) is 0 Å². The van der Waals surface area contributed by atoms with E-state index in [2.05, 4.69) is 5.32 Å². The van der Waals surface area contributed by atoms with Gasteiger partial charge in [0.15, 0.2) is 6.04 Å². The Labute approximate surface area is 118 Å². The van der Waals surface area contributed by atoms with Crippen LogP contribution < -0.4 is 5.32 Å². The number of morpholine rings is 1. The van der Waals surface area contributed by atoms with Crippen LogP contribution in [0.5, 0.6) is 0 Å². The molecule has 2 amide bonds. The number of carbonyl (C=O) groups is 2. The Hall–Kier alpha value is -1.34. The average Bonchev–Trinajstić information content (AvgIpc) is 2.19. The summed E-state index contributed by atoms with van der Waals surface area (Å²) in [6.07, 6.45) is -1.17. The highest BCUT2D eigenvalue weighted by atomic mass is 16.5. The van der Waals surface area contributed by atoms with Gasteiger partial charge in [0.1, 0.15) is 0 Å². The number of carbonyl (C=O) groups excluding carboxylic acids is 1. The van der Waals surface area contributed by atoms with Crippen molar-refractivity contribution < 1.29 is 24.5 Å². The molecule has 0 bridgehead atoms. The molecule has 0 aliphatic carbocycles. The number of carboxylic acids is 1. The normalized spacial score (nSPS) is 23.8. The molecular formula is C13H24N2O5. The molecule has 0 aromatic rings. The van der Waals surface area contributed by atoms with Crippen molar-refractivity contribution in [2.24, 2.45) is 0 Å². The van der Waals surface area contributed by atoms with E-state index in [4.69, 9.17) is 9.84 Å². The molecule has 1 fully saturated rings. The summed E-state index contributed by atoms with van der Waals surface area (Å²) in [7, 11) is 0. The van der Waals surface area contributed by atoms with Gasteiger partial charge in [0.2, 0.25) is 0 Å². The second-order valence-corrected chi connectivity index (χ2v) is 6.48. The van der Waals surface area contributed by atoms with Crippen LogP contribution in [0.25, 0.3) is 0 Å². The lowest BCUT2D eigenvalue weighted by atomic mass is 9.99. The van der Waals surface area contributed by atoms with E-state index in [0.717, 1.165) is 0 Å². The molecule has 1 aliphatic heterocycles. The summed E-state index contributed by atoms with van der Waals surface area (Å²) in [6, 6.07) is -1.83. The van der Waals surface area contributed by atoms with Gasteiger partial charge in [-0.2, -0.15) is 0 Å². The zero-order valence-electron chi connectivity index (χ0n) is 12.6. The van der Waals surface area contributed by atoms with Crippen LogP contribution in [0.2, 0.25) is 0 Å². The maximum Gasteiger partial charge on any atom is 0.328 e.